The van der Waals surface area contributed by atoms with E-state index in [0.717, 1.165) is 0 Å². The molecule has 0 radical (unpaired) electrons. The number of amides is 1. The lowest BCUT2D eigenvalue weighted by atomic mass is 10.3. The molecule has 3 aromatic rings. The van der Waals surface area contributed by atoms with Gasteiger partial charge in [-0.25, -0.2) is 9.97 Å². The molecular formula is C18H14Cl2N4O2. The van der Waals surface area contributed by atoms with Crippen molar-refractivity contribution < 1.29 is 9.53 Å². The SMILES string of the molecule is COc1ccccc1NC(=O)c1cnc(Nc2cccc(Cl)c2Cl)cn1. The molecular weight excluding hydrogens is 375 g/mol. The molecule has 2 N–H and O–H groups in total. The summed E-state index contributed by atoms with van der Waals surface area (Å²) in [5.41, 5.74) is 1.31. The first-order valence-electron chi connectivity index (χ1n) is 7.56. The Hall–Kier alpha value is -2.83. The third kappa shape index (κ3) is 4.04. The Morgan fingerprint density at radius 2 is 1.77 bits per heavy atom. The second-order valence-electron chi connectivity index (χ2n) is 5.17. The van der Waals surface area contributed by atoms with E-state index in [-0.39, 0.29) is 5.69 Å². The Morgan fingerprint density at radius 3 is 2.50 bits per heavy atom. The summed E-state index contributed by atoms with van der Waals surface area (Å²) in [6.07, 6.45) is 2.81. The maximum absolute atomic E-state index is 12.3. The highest BCUT2D eigenvalue weighted by molar-refractivity contribution is 6.43. The number of methoxy groups -OCH3 is 1. The minimum atomic E-state index is -0.394. The summed E-state index contributed by atoms with van der Waals surface area (Å²) in [7, 11) is 1.53. The number of hydrogen-bond acceptors (Lipinski definition) is 5. The van der Waals surface area contributed by atoms with E-state index >= 15 is 0 Å². The zero-order valence-corrected chi connectivity index (χ0v) is 15.2. The molecule has 0 bridgehead atoms. The fraction of sp³-hybridized carbons (Fsp3) is 0.0556. The number of aromatic nitrogens is 2. The van der Waals surface area contributed by atoms with Crippen LogP contribution >= 0.6 is 23.2 Å². The molecule has 0 aliphatic carbocycles. The molecule has 3 rings (SSSR count). The predicted octanol–water partition coefficient (Wildman–Crippen LogP) is 4.79. The van der Waals surface area contributed by atoms with Crippen molar-refractivity contribution in [2.75, 3.05) is 17.7 Å². The van der Waals surface area contributed by atoms with E-state index in [4.69, 9.17) is 27.9 Å². The number of carbonyl (C=O) groups excluding carboxylic acids is 1. The van der Waals surface area contributed by atoms with Crippen molar-refractivity contribution in [2.24, 2.45) is 0 Å². The molecule has 0 aliphatic rings. The van der Waals surface area contributed by atoms with Gasteiger partial charge in [-0.1, -0.05) is 41.4 Å². The molecule has 0 unspecified atom stereocenters. The first kappa shape index (κ1) is 18.0. The Morgan fingerprint density at radius 1 is 1.00 bits per heavy atom. The second-order valence-corrected chi connectivity index (χ2v) is 5.95. The number of halogens is 2. The van der Waals surface area contributed by atoms with Crippen molar-refractivity contribution in [3.8, 4) is 5.75 Å². The normalized spacial score (nSPS) is 10.3. The molecule has 132 valence electrons. The highest BCUT2D eigenvalue weighted by atomic mass is 35.5. The van der Waals surface area contributed by atoms with Gasteiger partial charge in [-0.2, -0.15) is 0 Å². The van der Waals surface area contributed by atoms with Gasteiger partial charge in [-0.15, -0.1) is 0 Å². The first-order chi connectivity index (χ1) is 12.6. The van der Waals surface area contributed by atoms with Crippen LogP contribution in [0.3, 0.4) is 0 Å². The molecule has 0 spiro atoms. The summed E-state index contributed by atoms with van der Waals surface area (Å²) >= 11 is 12.1. The Balaban J connectivity index is 1.73. The number of nitrogens with one attached hydrogen (secondary N) is 2. The summed E-state index contributed by atoms with van der Waals surface area (Å²) in [5.74, 6) is 0.597. The third-order valence-electron chi connectivity index (χ3n) is 3.45. The molecule has 0 saturated heterocycles. The van der Waals surface area contributed by atoms with Gasteiger partial charge in [-0.3, -0.25) is 4.79 Å². The van der Waals surface area contributed by atoms with Crippen LogP contribution in [-0.2, 0) is 0 Å². The zero-order chi connectivity index (χ0) is 18.5. The number of rotatable bonds is 5. The number of para-hydroxylation sites is 2. The van der Waals surface area contributed by atoms with Crippen LogP contribution in [0.4, 0.5) is 17.2 Å². The van der Waals surface area contributed by atoms with Crippen LogP contribution in [0, 0.1) is 0 Å². The quantitative estimate of drug-likeness (QED) is 0.656. The predicted molar refractivity (Wildman–Crippen MR) is 103 cm³/mol. The highest BCUT2D eigenvalue weighted by Crippen LogP contribution is 2.31. The van der Waals surface area contributed by atoms with Crippen molar-refractivity contribution >= 4 is 46.3 Å². The third-order valence-corrected chi connectivity index (χ3v) is 4.27. The van der Waals surface area contributed by atoms with Gasteiger partial charge >= 0.3 is 0 Å². The maximum atomic E-state index is 12.3. The average Bonchev–Trinajstić information content (AvgIpc) is 2.66. The molecule has 0 atom stereocenters. The van der Waals surface area contributed by atoms with Crippen LogP contribution in [0.25, 0.3) is 0 Å². The fourth-order valence-corrected chi connectivity index (χ4v) is 2.53. The van der Waals surface area contributed by atoms with Crippen LogP contribution in [0.1, 0.15) is 10.5 Å². The number of nitrogens with zero attached hydrogens (tertiary/aromatic N) is 2. The summed E-state index contributed by atoms with van der Waals surface area (Å²) in [4.78, 5) is 20.6. The van der Waals surface area contributed by atoms with E-state index in [9.17, 15) is 4.79 Å². The van der Waals surface area contributed by atoms with E-state index in [2.05, 4.69) is 20.6 Å². The van der Waals surface area contributed by atoms with Crippen LogP contribution in [0.15, 0.2) is 54.9 Å². The van der Waals surface area contributed by atoms with Gasteiger partial charge in [-0.05, 0) is 24.3 Å². The highest BCUT2D eigenvalue weighted by Gasteiger charge is 2.12. The van der Waals surface area contributed by atoms with Gasteiger partial charge in [0.2, 0.25) is 0 Å². The molecule has 2 aromatic carbocycles. The van der Waals surface area contributed by atoms with E-state index in [1.54, 1.807) is 36.4 Å². The van der Waals surface area contributed by atoms with E-state index in [1.807, 2.05) is 6.07 Å². The smallest absolute Gasteiger partial charge is 0.275 e. The standard InChI is InChI=1S/C18H14Cl2N4O2/c1-26-15-8-3-2-6-12(15)24-18(25)14-9-22-16(10-21-14)23-13-7-4-5-11(19)17(13)20/h2-10H,1H3,(H,22,23)(H,24,25). The van der Waals surface area contributed by atoms with Gasteiger partial charge in [0, 0.05) is 0 Å². The topological polar surface area (TPSA) is 76.1 Å². The minimum Gasteiger partial charge on any atom is -0.495 e. The monoisotopic (exact) mass is 388 g/mol. The molecule has 1 heterocycles. The van der Waals surface area contributed by atoms with Crippen molar-refractivity contribution in [2.45, 2.75) is 0 Å². The van der Waals surface area contributed by atoms with Crippen molar-refractivity contribution in [3.63, 3.8) is 0 Å². The summed E-state index contributed by atoms with van der Waals surface area (Å²) in [6.45, 7) is 0. The van der Waals surface area contributed by atoms with Crippen LogP contribution < -0.4 is 15.4 Å². The summed E-state index contributed by atoms with van der Waals surface area (Å²) in [6, 6.07) is 12.3. The Kier molecular flexibility index (Phi) is 5.55. The lowest BCUT2D eigenvalue weighted by Gasteiger charge is -2.10. The lowest BCUT2D eigenvalue weighted by molar-refractivity contribution is 0.102. The maximum Gasteiger partial charge on any atom is 0.275 e. The van der Waals surface area contributed by atoms with Gasteiger partial charge in [0.05, 0.1) is 40.9 Å². The van der Waals surface area contributed by atoms with Gasteiger partial charge in [0.15, 0.2) is 0 Å². The fourth-order valence-electron chi connectivity index (χ4n) is 2.18. The summed E-state index contributed by atoms with van der Waals surface area (Å²) < 4.78 is 5.20. The van der Waals surface area contributed by atoms with Crippen molar-refractivity contribution in [1.82, 2.24) is 9.97 Å². The Labute approximate surface area is 160 Å². The van der Waals surface area contributed by atoms with Gasteiger partial charge in [0.25, 0.3) is 5.91 Å². The van der Waals surface area contributed by atoms with Gasteiger partial charge in [0.1, 0.15) is 17.3 Å². The van der Waals surface area contributed by atoms with Crippen molar-refractivity contribution in [3.05, 3.63) is 70.6 Å². The molecule has 26 heavy (non-hydrogen) atoms. The zero-order valence-electron chi connectivity index (χ0n) is 13.7. The summed E-state index contributed by atoms with van der Waals surface area (Å²) in [5, 5.41) is 6.55. The second kappa shape index (κ2) is 8.03. The largest absolute Gasteiger partial charge is 0.495 e. The van der Waals surface area contributed by atoms with E-state index in [1.165, 1.54) is 19.5 Å². The minimum absolute atomic E-state index is 0.165. The number of anilines is 3. The molecule has 8 heteroatoms. The Bertz CT molecular complexity index is 933. The van der Waals surface area contributed by atoms with Gasteiger partial charge < -0.3 is 15.4 Å². The van der Waals surface area contributed by atoms with Crippen LogP contribution in [0.2, 0.25) is 10.0 Å². The molecule has 6 nitrogen and oxygen atoms in total. The molecule has 1 amide bonds. The average molecular weight is 389 g/mol. The molecule has 0 fully saturated rings. The number of ether oxygens (including phenoxy) is 1. The van der Waals surface area contributed by atoms with Crippen LogP contribution in [-0.4, -0.2) is 23.0 Å². The lowest BCUT2D eigenvalue weighted by Crippen LogP contribution is -2.14. The van der Waals surface area contributed by atoms with E-state index < -0.39 is 5.91 Å². The van der Waals surface area contributed by atoms with Crippen molar-refractivity contribution in [1.29, 1.82) is 0 Å². The number of benzene rings is 2. The van der Waals surface area contributed by atoms with E-state index in [0.29, 0.717) is 33.0 Å². The number of hydrogen-bond donors (Lipinski definition) is 2. The molecule has 0 saturated carbocycles. The first-order valence-corrected chi connectivity index (χ1v) is 8.31. The molecule has 0 aliphatic heterocycles. The van der Waals surface area contributed by atoms with Crippen LogP contribution in [0.5, 0.6) is 5.75 Å². The molecule has 1 aromatic heterocycles. The number of carbonyl (C=O) groups is 1.